The third-order valence-electron chi connectivity index (χ3n) is 4.52. The highest BCUT2D eigenvalue weighted by molar-refractivity contribution is 5.86. The molecule has 0 spiro atoms. The Morgan fingerprint density at radius 1 is 0.962 bits per heavy atom. The minimum atomic E-state index is -0.957. The number of rotatable bonds is 5. The molecule has 3 aromatic rings. The standard InChI is InChI=1S/C23H24O3/c1-23(2,3)19-13-6-7-14-20(19)26-21(22(24)25)15-17-11-8-10-16-9-4-5-12-18(16)17/h4-14,21H,15H2,1-3H3,(H,24,25)/t21-/m1/s1. The van der Waals surface area contributed by atoms with Gasteiger partial charge in [-0.25, -0.2) is 4.79 Å². The molecule has 0 fully saturated rings. The Kier molecular flexibility index (Phi) is 4.99. The van der Waals surface area contributed by atoms with Crippen molar-refractivity contribution >= 4 is 16.7 Å². The summed E-state index contributed by atoms with van der Waals surface area (Å²) in [5.41, 5.74) is 1.85. The summed E-state index contributed by atoms with van der Waals surface area (Å²) in [5, 5.41) is 11.9. The van der Waals surface area contributed by atoms with Crippen LogP contribution < -0.4 is 4.74 Å². The van der Waals surface area contributed by atoms with E-state index in [1.807, 2.05) is 66.7 Å². The number of carbonyl (C=O) groups is 1. The van der Waals surface area contributed by atoms with Crippen LogP contribution in [0.15, 0.2) is 66.7 Å². The van der Waals surface area contributed by atoms with Gasteiger partial charge in [-0.05, 0) is 33.4 Å². The van der Waals surface area contributed by atoms with E-state index in [9.17, 15) is 9.90 Å². The zero-order chi connectivity index (χ0) is 18.7. The molecule has 134 valence electrons. The van der Waals surface area contributed by atoms with E-state index in [4.69, 9.17) is 4.74 Å². The summed E-state index contributed by atoms with van der Waals surface area (Å²) < 4.78 is 5.99. The zero-order valence-electron chi connectivity index (χ0n) is 15.4. The van der Waals surface area contributed by atoms with Crippen LogP contribution in [0.3, 0.4) is 0 Å². The number of benzene rings is 3. The van der Waals surface area contributed by atoms with Crippen molar-refractivity contribution in [1.29, 1.82) is 0 Å². The molecule has 3 heteroatoms. The number of para-hydroxylation sites is 1. The Labute approximate surface area is 154 Å². The lowest BCUT2D eigenvalue weighted by atomic mass is 9.86. The summed E-state index contributed by atoms with van der Waals surface area (Å²) in [7, 11) is 0. The first-order valence-corrected chi connectivity index (χ1v) is 8.82. The molecule has 26 heavy (non-hydrogen) atoms. The van der Waals surface area contributed by atoms with Gasteiger partial charge in [-0.3, -0.25) is 0 Å². The Bertz CT molecular complexity index is 917. The lowest BCUT2D eigenvalue weighted by Crippen LogP contribution is -2.30. The molecule has 3 aromatic carbocycles. The predicted molar refractivity (Wildman–Crippen MR) is 105 cm³/mol. The first kappa shape index (κ1) is 18.0. The van der Waals surface area contributed by atoms with Crippen molar-refractivity contribution in [2.24, 2.45) is 0 Å². The zero-order valence-corrected chi connectivity index (χ0v) is 15.4. The molecular formula is C23H24O3. The topological polar surface area (TPSA) is 46.5 Å². The van der Waals surface area contributed by atoms with Gasteiger partial charge in [0.05, 0.1) is 0 Å². The number of carboxylic acid groups (broad SMARTS) is 1. The average Bonchev–Trinajstić information content (AvgIpc) is 2.61. The number of hydrogen-bond acceptors (Lipinski definition) is 2. The molecule has 1 N–H and O–H groups in total. The molecule has 1 atom stereocenters. The molecule has 0 aliphatic heterocycles. The minimum absolute atomic E-state index is 0.126. The number of fused-ring (bicyclic) bond motifs is 1. The molecule has 0 aromatic heterocycles. The lowest BCUT2D eigenvalue weighted by molar-refractivity contribution is -0.145. The van der Waals surface area contributed by atoms with Crippen molar-refractivity contribution in [1.82, 2.24) is 0 Å². The van der Waals surface area contributed by atoms with Crippen molar-refractivity contribution < 1.29 is 14.6 Å². The first-order chi connectivity index (χ1) is 12.4. The highest BCUT2D eigenvalue weighted by atomic mass is 16.5. The van der Waals surface area contributed by atoms with Crippen LogP contribution in [0.4, 0.5) is 0 Å². The highest BCUT2D eigenvalue weighted by Crippen LogP contribution is 2.32. The van der Waals surface area contributed by atoms with Crippen LogP contribution in [-0.2, 0) is 16.6 Å². The molecule has 0 saturated carbocycles. The van der Waals surface area contributed by atoms with Gasteiger partial charge in [0.1, 0.15) is 5.75 Å². The van der Waals surface area contributed by atoms with Crippen molar-refractivity contribution in [2.75, 3.05) is 0 Å². The fraction of sp³-hybridized carbons (Fsp3) is 0.261. The monoisotopic (exact) mass is 348 g/mol. The fourth-order valence-electron chi connectivity index (χ4n) is 3.19. The number of ether oxygens (including phenoxy) is 1. The summed E-state index contributed by atoms with van der Waals surface area (Å²) >= 11 is 0. The van der Waals surface area contributed by atoms with Gasteiger partial charge in [-0.2, -0.15) is 0 Å². The molecule has 3 nitrogen and oxygen atoms in total. The Hall–Kier alpha value is -2.81. The average molecular weight is 348 g/mol. The predicted octanol–water partition coefficient (Wildman–Crippen LogP) is 5.21. The Morgan fingerprint density at radius 3 is 2.35 bits per heavy atom. The van der Waals surface area contributed by atoms with Gasteiger partial charge >= 0.3 is 5.97 Å². The molecular weight excluding hydrogens is 324 g/mol. The smallest absolute Gasteiger partial charge is 0.345 e. The maximum absolute atomic E-state index is 11.9. The first-order valence-electron chi connectivity index (χ1n) is 8.82. The second-order valence-corrected chi connectivity index (χ2v) is 7.53. The normalized spacial score (nSPS) is 12.7. The van der Waals surface area contributed by atoms with Gasteiger partial charge in [0, 0.05) is 6.42 Å². The molecule has 0 aliphatic rings. The van der Waals surface area contributed by atoms with Crippen LogP contribution in [0.5, 0.6) is 5.75 Å². The van der Waals surface area contributed by atoms with Crippen LogP contribution in [-0.4, -0.2) is 17.2 Å². The second-order valence-electron chi connectivity index (χ2n) is 7.53. The van der Waals surface area contributed by atoms with E-state index >= 15 is 0 Å². The lowest BCUT2D eigenvalue weighted by Gasteiger charge is -2.25. The van der Waals surface area contributed by atoms with E-state index in [1.165, 1.54) is 0 Å². The van der Waals surface area contributed by atoms with E-state index in [0.717, 1.165) is 21.9 Å². The van der Waals surface area contributed by atoms with Gasteiger partial charge < -0.3 is 9.84 Å². The molecule has 3 rings (SSSR count). The maximum atomic E-state index is 11.9. The SMILES string of the molecule is CC(C)(C)c1ccccc1O[C@H](Cc1cccc2ccccc12)C(=O)O. The van der Waals surface area contributed by atoms with Crippen molar-refractivity contribution in [3.05, 3.63) is 77.9 Å². The summed E-state index contributed by atoms with van der Waals surface area (Å²) in [6, 6.07) is 21.6. The van der Waals surface area contributed by atoms with E-state index in [2.05, 4.69) is 20.8 Å². The van der Waals surface area contributed by atoms with Crippen LogP contribution in [0.2, 0.25) is 0 Å². The molecule has 0 saturated heterocycles. The Morgan fingerprint density at radius 2 is 1.62 bits per heavy atom. The highest BCUT2D eigenvalue weighted by Gasteiger charge is 2.25. The number of hydrogen-bond donors (Lipinski definition) is 1. The van der Waals surface area contributed by atoms with E-state index < -0.39 is 12.1 Å². The van der Waals surface area contributed by atoms with Crippen molar-refractivity contribution in [3.63, 3.8) is 0 Å². The summed E-state index contributed by atoms with van der Waals surface area (Å²) in [6.45, 7) is 6.28. The molecule has 0 bridgehead atoms. The summed E-state index contributed by atoms with van der Waals surface area (Å²) in [4.78, 5) is 11.9. The van der Waals surface area contributed by atoms with Crippen LogP contribution in [0, 0.1) is 0 Å². The van der Waals surface area contributed by atoms with E-state index in [0.29, 0.717) is 12.2 Å². The van der Waals surface area contributed by atoms with Crippen molar-refractivity contribution in [2.45, 2.75) is 38.7 Å². The quantitative estimate of drug-likeness (QED) is 0.688. The van der Waals surface area contributed by atoms with Gasteiger partial charge in [-0.15, -0.1) is 0 Å². The molecule has 0 radical (unpaired) electrons. The third-order valence-corrected chi connectivity index (χ3v) is 4.52. The van der Waals surface area contributed by atoms with Crippen LogP contribution in [0.25, 0.3) is 10.8 Å². The van der Waals surface area contributed by atoms with Crippen LogP contribution >= 0.6 is 0 Å². The van der Waals surface area contributed by atoms with Crippen molar-refractivity contribution in [3.8, 4) is 5.75 Å². The molecule has 0 heterocycles. The Balaban J connectivity index is 1.93. The molecule has 0 unspecified atom stereocenters. The third kappa shape index (κ3) is 3.88. The van der Waals surface area contributed by atoms with Gasteiger partial charge in [-0.1, -0.05) is 81.4 Å². The fourth-order valence-corrected chi connectivity index (χ4v) is 3.19. The van der Waals surface area contributed by atoms with Gasteiger partial charge in [0.15, 0.2) is 6.10 Å². The van der Waals surface area contributed by atoms with Gasteiger partial charge in [0.25, 0.3) is 0 Å². The summed E-state index contributed by atoms with van der Waals surface area (Å²) in [6.07, 6.45) is -0.626. The van der Waals surface area contributed by atoms with E-state index in [-0.39, 0.29) is 5.41 Å². The maximum Gasteiger partial charge on any atom is 0.345 e. The van der Waals surface area contributed by atoms with E-state index in [1.54, 1.807) is 0 Å². The molecule has 0 aliphatic carbocycles. The number of carboxylic acids is 1. The van der Waals surface area contributed by atoms with Gasteiger partial charge in [0.2, 0.25) is 0 Å². The number of aliphatic carboxylic acids is 1. The van der Waals surface area contributed by atoms with Crippen LogP contribution in [0.1, 0.15) is 31.9 Å². The minimum Gasteiger partial charge on any atom is -0.478 e. The molecule has 0 amide bonds. The largest absolute Gasteiger partial charge is 0.478 e. The summed E-state index contributed by atoms with van der Waals surface area (Å²) in [5.74, 6) is -0.325. The second kappa shape index (κ2) is 7.20.